The predicted molar refractivity (Wildman–Crippen MR) is 110 cm³/mol. The Labute approximate surface area is 162 Å². The van der Waals surface area contributed by atoms with Crippen molar-refractivity contribution in [3.05, 3.63) is 70.9 Å². The van der Waals surface area contributed by atoms with Crippen LogP contribution in [0.1, 0.15) is 11.3 Å². The highest BCUT2D eigenvalue weighted by molar-refractivity contribution is 7.80. The normalized spacial score (nSPS) is 10.4. The Morgan fingerprint density at radius 1 is 1.15 bits per heavy atom. The van der Waals surface area contributed by atoms with Gasteiger partial charge < -0.3 is 15.4 Å². The molecule has 5 nitrogen and oxygen atoms in total. The van der Waals surface area contributed by atoms with E-state index in [4.69, 9.17) is 28.6 Å². The first kappa shape index (κ1) is 18.2. The van der Waals surface area contributed by atoms with Crippen molar-refractivity contribution in [3.8, 4) is 5.75 Å². The Bertz CT molecular complexity index is 908. The fourth-order valence-corrected chi connectivity index (χ4v) is 2.85. The zero-order chi connectivity index (χ0) is 18.5. The van der Waals surface area contributed by atoms with Crippen molar-refractivity contribution >= 4 is 40.4 Å². The monoisotopic (exact) mass is 386 g/mol. The molecule has 2 N–H and O–H groups in total. The molecule has 0 radical (unpaired) electrons. The first-order valence-electron chi connectivity index (χ1n) is 8.05. The van der Waals surface area contributed by atoms with Crippen LogP contribution in [-0.2, 0) is 6.54 Å². The number of hydrogen-bond acceptors (Lipinski definition) is 3. The Morgan fingerprint density at radius 2 is 1.88 bits per heavy atom. The number of ether oxygens (including phenoxy) is 1. The first-order chi connectivity index (χ1) is 12.5. The molecule has 0 saturated carbocycles. The third kappa shape index (κ3) is 4.53. The van der Waals surface area contributed by atoms with Gasteiger partial charge in [-0.05, 0) is 49.0 Å². The number of halogens is 1. The molecule has 1 aromatic heterocycles. The molecular weight excluding hydrogens is 368 g/mol. The van der Waals surface area contributed by atoms with Gasteiger partial charge in [0.05, 0.1) is 19.3 Å². The number of anilines is 2. The Morgan fingerprint density at radius 3 is 2.62 bits per heavy atom. The lowest BCUT2D eigenvalue weighted by molar-refractivity contribution is 0.417. The molecule has 3 rings (SSSR count). The molecule has 0 aliphatic heterocycles. The van der Waals surface area contributed by atoms with E-state index in [2.05, 4.69) is 15.7 Å². The van der Waals surface area contributed by atoms with E-state index in [1.54, 1.807) is 7.11 Å². The third-order valence-corrected chi connectivity index (χ3v) is 4.28. The molecule has 0 amide bonds. The summed E-state index contributed by atoms with van der Waals surface area (Å²) >= 11 is 11.3. The van der Waals surface area contributed by atoms with Crippen LogP contribution in [0, 0.1) is 6.92 Å². The lowest BCUT2D eigenvalue weighted by atomic mass is 10.2. The van der Waals surface area contributed by atoms with E-state index in [0.29, 0.717) is 17.5 Å². The molecule has 0 bridgehead atoms. The van der Waals surface area contributed by atoms with Gasteiger partial charge in [0.1, 0.15) is 5.75 Å². The molecular formula is C19H19ClN4OS. The minimum absolute atomic E-state index is 0.450. The average Bonchev–Trinajstić information content (AvgIpc) is 2.96. The van der Waals surface area contributed by atoms with Crippen LogP contribution >= 0.6 is 23.8 Å². The predicted octanol–water partition coefficient (Wildman–Crippen LogP) is 4.71. The smallest absolute Gasteiger partial charge is 0.176 e. The number of thiocarbonyl (C=S) groups is 1. The topological polar surface area (TPSA) is 51.1 Å². The van der Waals surface area contributed by atoms with E-state index in [-0.39, 0.29) is 0 Å². The fraction of sp³-hybridized carbons (Fsp3) is 0.158. The van der Waals surface area contributed by atoms with Crippen LogP contribution in [0.4, 0.5) is 11.5 Å². The van der Waals surface area contributed by atoms with Crippen LogP contribution < -0.4 is 15.4 Å². The number of hydrogen-bond donors (Lipinski definition) is 2. The molecule has 0 spiro atoms. The summed E-state index contributed by atoms with van der Waals surface area (Å²) in [6.07, 6.45) is 0. The molecule has 7 heteroatoms. The largest absolute Gasteiger partial charge is 0.495 e. The van der Waals surface area contributed by atoms with Gasteiger partial charge in [0, 0.05) is 16.8 Å². The molecule has 0 aliphatic carbocycles. The minimum atomic E-state index is 0.450. The molecule has 2 aromatic carbocycles. The van der Waals surface area contributed by atoms with E-state index in [0.717, 1.165) is 27.7 Å². The van der Waals surface area contributed by atoms with E-state index in [9.17, 15) is 0 Å². The van der Waals surface area contributed by atoms with Crippen LogP contribution in [0.3, 0.4) is 0 Å². The van der Waals surface area contributed by atoms with Crippen molar-refractivity contribution in [3.63, 3.8) is 0 Å². The summed E-state index contributed by atoms with van der Waals surface area (Å²) < 4.78 is 7.23. The van der Waals surface area contributed by atoms with E-state index >= 15 is 0 Å². The van der Waals surface area contributed by atoms with Gasteiger partial charge in [-0.2, -0.15) is 5.10 Å². The van der Waals surface area contributed by atoms with Crippen molar-refractivity contribution in [1.29, 1.82) is 0 Å². The average molecular weight is 387 g/mol. The van der Waals surface area contributed by atoms with Gasteiger partial charge in [-0.25, -0.2) is 0 Å². The van der Waals surface area contributed by atoms with Crippen LogP contribution in [-0.4, -0.2) is 22.0 Å². The molecule has 134 valence electrons. The maximum Gasteiger partial charge on any atom is 0.176 e. The van der Waals surface area contributed by atoms with Crippen molar-refractivity contribution in [2.45, 2.75) is 13.5 Å². The first-order valence-corrected chi connectivity index (χ1v) is 8.83. The van der Waals surface area contributed by atoms with Crippen LogP contribution in [0.15, 0.2) is 54.6 Å². The highest BCUT2D eigenvalue weighted by Gasteiger charge is 2.08. The number of rotatable bonds is 5. The second kappa shape index (κ2) is 8.21. The zero-order valence-corrected chi connectivity index (χ0v) is 16.1. The number of para-hydroxylation sites is 2. The summed E-state index contributed by atoms with van der Waals surface area (Å²) in [5.41, 5.74) is 2.95. The summed E-state index contributed by atoms with van der Waals surface area (Å²) in [7, 11) is 1.62. The molecule has 0 atom stereocenters. The standard InChI is InChI=1S/C19H19ClN4OS/c1-13-11-18(23-24(13)12-14-7-9-15(20)10-8-14)22-19(26)21-16-5-3-4-6-17(16)25-2/h3-11H,12H2,1-2H3,(H2,21,22,23,26). The SMILES string of the molecule is COc1ccccc1NC(=S)Nc1cc(C)n(Cc2ccc(Cl)cc2)n1. The number of aromatic nitrogens is 2. The maximum absolute atomic E-state index is 5.93. The van der Waals surface area contributed by atoms with Crippen molar-refractivity contribution in [2.24, 2.45) is 0 Å². The van der Waals surface area contributed by atoms with Crippen LogP contribution in [0.5, 0.6) is 5.75 Å². The third-order valence-electron chi connectivity index (χ3n) is 3.82. The highest BCUT2D eigenvalue weighted by atomic mass is 35.5. The van der Waals surface area contributed by atoms with Gasteiger partial charge in [-0.15, -0.1) is 0 Å². The van der Waals surface area contributed by atoms with Gasteiger partial charge >= 0.3 is 0 Å². The molecule has 26 heavy (non-hydrogen) atoms. The van der Waals surface area contributed by atoms with E-state index < -0.39 is 0 Å². The summed E-state index contributed by atoms with van der Waals surface area (Å²) in [4.78, 5) is 0. The molecule has 0 unspecified atom stereocenters. The van der Waals surface area contributed by atoms with Gasteiger partial charge in [-0.1, -0.05) is 35.9 Å². The second-order valence-corrected chi connectivity index (χ2v) is 6.58. The Hall–Kier alpha value is -2.57. The van der Waals surface area contributed by atoms with Crippen molar-refractivity contribution < 1.29 is 4.74 Å². The van der Waals surface area contributed by atoms with Crippen LogP contribution in [0.25, 0.3) is 0 Å². The number of nitrogens with one attached hydrogen (secondary N) is 2. The quantitative estimate of drug-likeness (QED) is 0.622. The molecule has 0 saturated heterocycles. The molecule has 1 heterocycles. The molecule has 0 aliphatic rings. The van der Waals surface area contributed by atoms with E-state index in [1.165, 1.54) is 0 Å². The summed E-state index contributed by atoms with van der Waals surface area (Å²) in [6.45, 7) is 2.67. The van der Waals surface area contributed by atoms with Gasteiger partial charge in [0.2, 0.25) is 0 Å². The highest BCUT2D eigenvalue weighted by Crippen LogP contribution is 2.23. The Kier molecular flexibility index (Phi) is 5.75. The van der Waals surface area contributed by atoms with Gasteiger partial charge in [0.15, 0.2) is 10.9 Å². The number of aryl methyl sites for hydroxylation is 1. The summed E-state index contributed by atoms with van der Waals surface area (Å²) in [6, 6.07) is 17.3. The van der Waals surface area contributed by atoms with Crippen LogP contribution in [0.2, 0.25) is 5.02 Å². The number of methoxy groups -OCH3 is 1. The van der Waals surface area contributed by atoms with Gasteiger partial charge in [0.25, 0.3) is 0 Å². The summed E-state index contributed by atoms with van der Waals surface area (Å²) in [5.74, 6) is 1.41. The summed E-state index contributed by atoms with van der Waals surface area (Å²) in [5, 5.41) is 12.0. The van der Waals surface area contributed by atoms with E-state index in [1.807, 2.05) is 66.2 Å². The molecule has 0 fully saturated rings. The maximum atomic E-state index is 5.93. The minimum Gasteiger partial charge on any atom is -0.495 e. The Balaban J connectivity index is 1.67. The lowest BCUT2D eigenvalue weighted by Gasteiger charge is -2.12. The van der Waals surface area contributed by atoms with Crippen molar-refractivity contribution in [1.82, 2.24) is 9.78 Å². The number of nitrogens with zero attached hydrogens (tertiary/aromatic N) is 2. The van der Waals surface area contributed by atoms with Crippen molar-refractivity contribution in [2.75, 3.05) is 17.7 Å². The number of benzene rings is 2. The lowest BCUT2D eigenvalue weighted by Crippen LogP contribution is -2.20. The fourth-order valence-electron chi connectivity index (χ4n) is 2.51. The molecule has 3 aromatic rings. The zero-order valence-electron chi connectivity index (χ0n) is 14.5. The second-order valence-electron chi connectivity index (χ2n) is 5.73. The van der Waals surface area contributed by atoms with Gasteiger partial charge in [-0.3, -0.25) is 4.68 Å².